The lowest BCUT2D eigenvalue weighted by Crippen LogP contribution is -2.46. The fraction of sp³-hybridized carbons (Fsp3) is 0.364. The van der Waals surface area contributed by atoms with Crippen molar-refractivity contribution in [2.75, 3.05) is 42.9 Å². The molecule has 1 aromatic carbocycles. The Morgan fingerprint density at radius 3 is 2.74 bits per heavy atom. The van der Waals surface area contributed by atoms with Gasteiger partial charge in [-0.15, -0.1) is 10.2 Å². The summed E-state index contributed by atoms with van der Waals surface area (Å²) in [5.41, 5.74) is 2.83. The van der Waals surface area contributed by atoms with Crippen molar-refractivity contribution >= 4 is 22.4 Å². The van der Waals surface area contributed by atoms with Gasteiger partial charge in [0.2, 0.25) is 0 Å². The zero-order valence-electron chi connectivity index (χ0n) is 17.0. The zero-order chi connectivity index (χ0) is 21.4. The Balaban J connectivity index is 1.32. The van der Waals surface area contributed by atoms with E-state index in [4.69, 9.17) is 5.26 Å². The quantitative estimate of drug-likeness (QED) is 0.670. The lowest BCUT2D eigenvalue weighted by molar-refractivity contribution is 0.249. The fourth-order valence-corrected chi connectivity index (χ4v) is 4.43. The maximum Gasteiger partial charge on any atom is 0.253 e. The lowest BCUT2D eigenvalue weighted by Gasteiger charge is -2.35. The number of nitriles is 1. The second-order valence-corrected chi connectivity index (χ2v) is 7.99. The SMILES string of the molecule is N#Cc1ccc(N2CCN(Cc3cc(F)c4c5c(c(=O)[nH]c4c3)CCCN5)CC2)nn1. The molecule has 0 bridgehead atoms. The second-order valence-electron chi connectivity index (χ2n) is 7.99. The van der Waals surface area contributed by atoms with Gasteiger partial charge in [-0.25, -0.2) is 4.39 Å². The molecule has 31 heavy (non-hydrogen) atoms. The molecule has 0 radical (unpaired) electrons. The van der Waals surface area contributed by atoms with Gasteiger partial charge in [0.1, 0.15) is 11.9 Å². The molecule has 8 nitrogen and oxygen atoms in total. The molecule has 158 valence electrons. The minimum absolute atomic E-state index is 0.136. The van der Waals surface area contributed by atoms with Crippen molar-refractivity contribution in [1.82, 2.24) is 20.1 Å². The number of rotatable bonds is 3. The van der Waals surface area contributed by atoms with Crippen LogP contribution >= 0.6 is 0 Å². The van der Waals surface area contributed by atoms with Crippen LogP contribution in [0.25, 0.3) is 10.9 Å². The number of fused-ring (bicyclic) bond motifs is 3. The zero-order valence-corrected chi connectivity index (χ0v) is 17.0. The molecule has 0 saturated carbocycles. The summed E-state index contributed by atoms with van der Waals surface area (Å²) in [6.07, 6.45) is 1.55. The van der Waals surface area contributed by atoms with E-state index in [9.17, 15) is 4.79 Å². The van der Waals surface area contributed by atoms with Crippen LogP contribution < -0.4 is 15.8 Å². The highest BCUT2D eigenvalue weighted by Crippen LogP contribution is 2.30. The number of H-pyrrole nitrogens is 1. The first kappa shape index (κ1) is 19.5. The molecule has 2 N–H and O–H groups in total. The Labute approximate surface area is 178 Å². The Morgan fingerprint density at radius 1 is 1.16 bits per heavy atom. The lowest BCUT2D eigenvalue weighted by atomic mass is 10.00. The van der Waals surface area contributed by atoms with Crippen molar-refractivity contribution in [2.45, 2.75) is 19.4 Å². The van der Waals surface area contributed by atoms with E-state index in [0.717, 1.165) is 50.5 Å². The molecule has 5 rings (SSSR count). The average Bonchev–Trinajstić information content (AvgIpc) is 2.79. The third kappa shape index (κ3) is 3.70. The van der Waals surface area contributed by atoms with Gasteiger partial charge >= 0.3 is 0 Å². The van der Waals surface area contributed by atoms with Gasteiger partial charge < -0.3 is 15.2 Å². The van der Waals surface area contributed by atoms with Gasteiger partial charge in [-0.1, -0.05) is 0 Å². The number of halogens is 1. The predicted molar refractivity (Wildman–Crippen MR) is 116 cm³/mol. The average molecular weight is 419 g/mol. The second kappa shape index (κ2) is 7.96. The molecule has 3 aromatic rings. The van der Waals surface area contributed by atoms with Gasteiger partial charge in [-0.3, -0.25) is 9.69 Å². The summed E-state index contributed by atoms with van der Waals surface area (Å²) in [4.78, 5) is 19.7. The number of aromatic nitrogens is 3. The first-order valence-electron chi connectivity index (χ1n) is 10.4. The molecule has 1 fully saturated rings. The molecule has 9 heteroatoms. The Bertz CT molecular complexity index is 1220. The van der Waals surface area contributed by atoms with E-state index < -0.39 is 0 Å². The third-order valence-corrected chi connectivity index (χ3v) is 6.00. The van der Waals surface area contributed by atoms with Crippen molar-refractivity contribution in [3.05, 3.63) is 57.3 Å². The molecule has 0 aliphatic carbocycles. The molecule has 0 spiro atoms. The van der Waals surface area contributed by atoms with Gasteiger partial charge in [0.25, 0.3) is 5.56 Å². The molecular weight excluding hydrogens is 397 g/mol. The van der Waals surface area contributed by atoms with Crippen LogP contribution in [0.15, 0.2) is 29.1 Å². The van der Waals surface area contributed by atoms with Crippen LogP contribution in [0.2, 0.25) is 0 Å². The van der Waals surface area contributed by atoms with Gasteiger partial charge in [-0.05, 0) is 42.7 Å². The summed E-state index contributed by atoms with van der Waals surface area (Å²) in [5, 5.41) is 20.5. The number of benzene rings is 1. The summed E-state index contributed by atoms with van der Waals surface area (Å²) in [5.74, 6) is 0.450. The topological polar surface area (TPSA) is 101 Å². The van der Waals surface area contributed by atoms with Crippen molar-refractivity contribution in [3.8, 4) is 6.07 Å². The molecule has 0 atom stereocenters. The Kier molecular flexibility index (Phi) is 5.00. The van der Waals surface area contributed by atoms with E-state index in [0.29, 0.717) is 40.8 Å². The van der Waals surface area contributed by atoms with Crippen LogP contribution in [-0.4, -0.2) is 52.8 Å². The maximum absolute atomic E-state index is 15.0. The van der Waals surface area contributed by atoms with Gasteiger partial charge in [0, 0.05) is 44.8 Å². The molecule has 4 heterocycles. The minimum atomic E-state index is -0.305. The number of nitrogens with zero attached hydrogens (tertiary/aromatic N) is 5. The summed E-state index contributed by atoms with van der Waals surface area (Å²) >= 11 is 0. The largest absolute Gasteiger partial charge is 0.384 e. The third-order valence-electron chi connectivity index (χ3n) is 6.00. The monoisotopic (exact) mass is 419 g/mol. The molecule has 2 aliphatic rings. The summed E-state index contributed by atoms with van der Waals surface area (Å²) in [7, 11) is 0. The number of aromatic amines is 1. The number of nitrogens with one attached hydrogen (secondary N) is 2. The van der Waals surface area contributed by atoms with E-state index in [1.54, 1.807) is 12.1 Å². The van der Waals surface area contributed by atoms with Crippen LogP contribution in [0, 0.1) is 17.1 Å². The predicted octanol–water partition coefficient (Wildman–Crippen LogP) is 2.01. The number of hydrogen-bond donors (Lipinski definition) is 2. The highest BCUT2D eigenvalue weighted by molar-refractivity contribution is 5.94. The number of anilines is 2. The van der Waals surface area contributed by atoms with Crippen molar-refractivity contribution in [2.24, 2.45) is 0 Å². The fourth-order valence-electron chi connectivity index (χ4n) is 4.43. The van der Waals surface area contributed by atoms with Crippen LogP contribution in [0.4, 0.5) is 15.9 Å². The van der Waals surface area contributed by atoms with Gasteiger partial charge in [-0.2, -0.15) is 5.26 Å². The maximum atomic E-state index is 15.0. The Morgan fingerprint density at radius 2 is 2.00 bits per heavy atom. The molecule has 2 aromatic heterocycles. The molecule has 0 unspecified atom stereocenters. The van der Waals surface area contributed by atoms with E-state index >= 15 is 4.39 Å². The highest BCUT2D eigenvalue weighted by atomic mass is 19.1. The van der Waals surface area contributed by atoms with Gasteiger partial charge in [0.15, 0.2) is 11.5 Å². The molecule has 2 aliphatic heterocycles. The Hall–Kier alpha value is -3.51. The minimum Gasteiger partial charge on any atom is -0.384 e. The van der Waals surface area contributed by atoms with Crippen molar-refractivity contribution in [3.63, 3.8) is 0 Å². The van der Waals surface area contributed by atoms with E-state index in [1.807, 2.05) is 18.2 Å². The normalized spacial score (nSPS) is 16.6. The van der Waals surface area contributed by atoms with Crippen LogP contribution in [0.5, 0.6) is 0 Å². The number of pyridine rings is 1. The smallest absolute Gasteiger partial charge is 0.253 e. The molecule has 0 amide bonds. The summed E-state index contributed by atoms with van der Waals surface area (Å²) in [6, 6.07) is 8.91. The molecule has 1 saturated heterocycles. The van der Waals surface area contributed by atoms with Crippen LogP contribution in [0.1, 0.15) is 23.2 Å². The van der Waals surface area contributed by atoms with E-state index in [1.165, 1.54) is 0 Å². The molecular formula is C22H22FN7O. The first-order valence-corrected chi connectivity index (χ1v) is 10.4. The number of piperazine rings is 1. The number of hydrogen-bond acceptors (Lipinski definition) is 7. The standard InChI is InChI=1S/C22H22FN7O/c23-17-10-14(11-18-20(17)21-16(22(31)26-18)2-1-5-25-21)13-29-6-8-30(9-7-29)19-4-3-15(12-24)27-28-19/h3-4,10-11,25H,1-2,5-9,13H2,(H,26,31). The van der Waals surface area contributed by atoms with Crippen molar-refractivity contribution < 1.29 is 4.39 Å². The first-order chi connectivity index (χ1) is 15.1. The van der Waals surface area contributed by atoms with Gasteiger partial charge in [0.05, 0.1) is 16.6 Å². The van der Waals surface area contributed by atoms with Crippen LogP contribution in [-0.2, 0) is 13.0 Å². The summed E-state index contributed by atoms with van der Waals surface area (Å²) < 4.78 is 15.0. The van der Waals surface area contributed by atoms with E-state index in [-0.39, 0.29) is 11.4 Å². The highest BCUT2D eigenvalue weighted by Gasteiger charge is 2.21. The summed E-state index contributed by atoms with van der Waals surface area (Å²) in [6.45, 7) is 4.48. The van der Waals surface area contributed by atoms with Crippen LogP contribution in [0.3, 0.4) is 0 Å². The van der Waals surface area contributed by atoms with E-state index in [2.05, 4.69) is 30.3 Å². The van der Waals surface area contributed by atoms with Crippen molar-refractivity contribution in [1.29, 1.82) is 5.26 Å².